The summed E-state index contributed by atoms with van der Waals surface area (Å²) in [7, 11) is 4.65. The number of thioether (sulfide) groups is 1. The molecule has 2 N–H and O–H groups in total. The number of benzene rings is 1. The first kappa shape index (κ1) is 31.4. The molecular weight excluding hydrogens is 512 g/mol. The molecule has 2 rings (SSSR count). The molecule has 1 aromatic heterocycles. The van der Waals surface area contributed by atoms with Crippen molar-refractivity contribution in [2.24, 2.45) is 0 Å². The number of rotatable bonds is 16. The average molecular weight is 551 g/mol. The van der Waals surface area contributed by atoms with E-state index >= 15 is 0 Å². The molecular formula is C26H38N4O7S. The van der Waals surface area contributed by atoms with Crippen LogP contribution >= 0.6 is 11.8 Å². The van der Waals surface area contributed by atoms with Crippen molar-refractivity contribution in [3.63, 3.8) is 0 Å². The molecule has 0 aliphatic rings. The number of aromatic nitrogens is 1. The van der Waals surface area contributed by atoms with Gasteiger partial charge < -0.3 is 34.0 Å². The number of nitrogens with zero attached hydrogens (tertiary/aromatic N) is 2. The second-order valence-electron chi connectivity index (χ2n) is 9.62. The van der Waals surface area contributed by atoms with E-state index in [0.717, 1.165) is 0 Å². The fourth-order valence-electron chi connectivity index (χ4n) is 3.44. The van der Waals surface area contributed by atoms with Crippen LogP contribution in [0.5, 0.6) is 5.75 Å². The second-order valence-corrected chi connectivity index (χ2v) is 11.5. The highest BCUT2D eigenvalue weighted by Crippen LogP contribution is 2.28. The molecule has 0 spiro atoms. The Morgan fingerprint density at radius 1 is 1.11 bits per heavy atom. The van der Waals surface area contributed by atoms with Crippen LogP contribution in [0.25, 0.3) is 11.0 Å². The van der Waals surface area contributed by atoms with Crippen LogP contribution < -0.4 is 21.1 Å². The van der Waals surface area contributed by atoms with E-state index in [2.05, 4.69) is 21.7 Å². The van der Waals surface area contributed by atoms with Crippen LogP contribution in [0.1, 0.15) is 33.6 Å². The average Bonchev–Trinajstić information content (AvgIpc) is 2.87. The molecule has 210 valence electrons. The second kappa shape index (κ2) is 14.9. The van der Waals surface area contributed by atoms with Crippen LogP contribution in [0.2, 0.25) is 0 Å². The van der Waals surface area contributed by atoms with Crippen molar-refractivity contribution in [3.8, 4) is 11.8 Å². The third-order valence-electron chi connectivity index (χ3n) is 5.52. The number of carbonyl (C=O) groups excluding carboxylic acids is 1. The largest absolute Gasteiger partial charge is 0.491 e. The van der Waals surface area contributed by atoms with Gasteiger partial charge in [-0.3, -0.25) is 4.79 Å². The van der Waals surface area contributed by atoms with Crippen molar-refractivity contribution in [2.75, 3.05) is 58.8 Å². The Morgan fingerprint density at radius 2 is 1.76 bits per heavy atom. The predicted octanol–water partition coefficient (Wildman–Crippen LogP) is 2.98. The summed E-state index contributed by atoms with van der Waals surface area (Å²) < 4.78 is 26.2. The highest BCUT2D eigenvalue weighted by atomic mass is 32.2. The molecule has 0 aliphatic heterocycles. The van der Waals surface area contributed by atoms with Crippen LogP contribution in [0.4, 0.5) is 5.82 Å². The van der Waals surface area contributed by atoms with Gasteiger partial charge in [-0.15, -0.1) is 0 Å². The van der Waals surface area contributed by atoms with Gasteiger partial charge in [0.25, 0.3) is 0 Å². The SMILES string of the molecule is COCCOc1ccc2oc(=O)nc(NC(CSC(C)(C)C)C(=O)NC(C#N)(CCOC)CCOC)c2c1. The number of ether oxygens (including phenoxy) is 4. The Morgan fingerprint density at radius 3 is 2.34 bits per heavy atom. The van der Waals surface area contributed by atoms with E-state index in [1.54, 1.807) is 37.1 Å². The zero-order valence-electron chi connectivity index (χ0n) is 22.9. The normalized spacial score (nSPS) is 12.7. The molecule has 38 heavy (non-hydrogen) atoms. The zero-order valence-corrected chi connectivity index (χ0v) is 23.7. The van der Waals surface area contributed by atoms with Gasteiger partial charge in [-0.1, -0.05) is 20.8 Å². The highest BCUT2D eigenvalue weighted by molar-refractivity contribution is 8.00. The Labute approximate surface area is 227 Å². The maximum Gasteiger partial charge on any atom is 0.441 e. The van der Waals surface area contributed by atoms with Crippen LogP contribution in [-0.2, 0) is 19.0 Å². The Bertz CT molecular complexity index is 1140. The van der Waals surface area contributed by atoms with Crippen LogP contribution in [0.15, 0.2) is 27.4 Å². The molecule has 1 amide bonds. The lowest BCUT2D eigenvalue weighted by molar-refractivity contribution is -0.123. The van der Waals surface area contributed by atoms with Crippen molar-refractivity contribution in [1.29, 1.82) is 5.26 Å². The molecule has 0 saturated heterocycles. The Kier molecular flexibility index (Phi) is 12.3. The van der Waals surface area contributed by atoms with Crippen molar-refractivity contribution < 1.29 is 28.2 Å². The number of hydrogen-bond donors (Lipinski definition) is 2. The fourth-order valence-corrected chi connectivity index (χ4v) is 4.34. The summed E-state index contributed by atoms with van der Waals surface area (Å²) in [6.07, 6.45) is 0.568. The number of anilines is 1. The third-order valence-corrected chi connectivity index (χ3v) is 6.88. The number of amides is 1. The van der Waals surface area contributed by atoms with Gasteiger partial charge in [-0.25, -0.2) is 4.79 Å². The molecule has 1 heterocycles. The van der Waals surface area contributed by atoms with Gasteiger partial charge in [0, 0.05) is 57.9 Å². The van der Waals surface area contributed by atoms with Gasteiger partial charge in [0.2, 0.25) is 5.91 Å². The van der Waals surface area contributed by atoms with Gasteiger partial charge in [0.05, 0.1) is 18.1 Å². The molecule has 1 aromatic carbocycles. The maximum absolute atomic E-state index is 13.6. The lowest BCUT2D eigenvalue weighted by atomic mass is 9.93. The van der Waals surface area contributed by atoms with E-state index in [0.29, 0.717) is 35.7 Å². The van der Waals surface area contributed by atoms with E-state index in [1.807, 2.05) is 20.8 Å². The van der Waals surface area contributed by atoms with E-state index in [-0.39, 0.29) is 36.6 Å². The number of nitrogens with one attached hydrogen (secondary N) is 2. The minimum atomic E-state index is -1.19. The fraction of sp³-hybridized carbons (Fsp3) is 0.615. The number of nitriles is 1. The molecule has 11 nitrogen and oxygen atoms in total. The highest BCUT2D eigenvalue weighted by Gasteiger charge is 2.35. The molecule has 0 radical (unpaired) electrons. The molecule has 0 bridgehead atoms. The van der Waals surface area contributed by atoms with Crippen molar-refractivity contribution in [2.45, 2.75) is 49.9 Å². The molecule has 0 saturated carbocycles. The first-order chi connectivity index (χ1) is 18.1. The molecule has 0 aliphatic carbocycles. The van der Waals surface area contributed by atoms with Gasteiger partial charge >= 0.3 is 5.76 Å². The van der Waals surface area contributed by atoms with Gasteiger partial charge in [-0.2, -0.15) is 22.0 Å². The van der Waals surface area contributed by atoms with E-state index < -0.39 is 23.2 Å². The lowest BCUT2D eigenvalue weighted by Gasteiger charge is -2.31. The molecule has 1 atom stereocenters. The first-order valence-electron chi connectivity index (χ1n) is 12.2. The summed E-state index contributed by atoms with van der Waals surface area (Å²) in [6.45, 7) is 7.42. The maximum atomic E-state index is 13.6. The summed E-state index contributed by atoms with van der Waals surface area (Å²) in [5, 5.41) is 16.5. The Hall–Kier alpha value is -2.85. The van der Waals surface area contributed by atoms with Gasteiger partial charge in [0.1, 0.15) is 35.3 Å². The van der Waals surface area contributed by atoms with Crippen molar-refractivity contribution in [1.82, 2.24) is 10.3 Å². The zero-order chi connectivity index (χ0) is 28.2. The molecule has 1 unspecified atom stereocenters. The van der Waals surface area contributed by atoms with Crippen molar-refractivity contribution in [3.05, 3.63) is 28.7 Å². The smallest absolute Gasteiger partial charge is 0.441 e. The van der Waals surface area contributed by atoms with Crippen LogP contribution in [0, 0.1) is 11.3 Å². The van der Waals surface area contributed by atoms with E-state index in [9.17, 15) is 14.9 Å². The number of methoxy groups -OCH3 is 3. The van der Waals surface area contributed by atoms with Gasteiger partial charge in [0.15, 0.2) is 0 Å². The molecule has 12 heteroatoms. The number of carbonyl (C=O) groups is 1. The first-order valence-corrected chi connectivity index (χ1v) is 13.2. The molecule has 2 aromatic rings. The van der Waals surface area contributed by atoms with Crippen molar-refractivity contribution >= 4 is 34.5 Å². The summed E-state index contributed by atoms with van der Waals surface area (Å²) in [6, 6.07) is 6.39. The van der Waals surface area contributed by atoms with E-state index in [4.69, 9.17) is 23.4 Å². The van der Waals surface area contributed by atoms with Crippen LogP contribution in [0.3, 0.4) is 0 Å². The van der Waals surface area contributed by atoms with Crippen LogP contribution in [-0.4, -0.2) is 80.7 Å². The summed E-state index contributed by atoms with van der Waals surface area (Å²) >= 11 is 1.56. The summed E-state index contributed by atoms with van der Waals surface area (Å²) in [5.41, 5.74) is -0.899. The molecule has 0 fully saturated rings. The monoisotopic (exact) mass is 550 g/mol. The quantitative estimate of drug-likeness (QED) is 0.298. The minimum absolute atomic E-state index is 0.147. The Balaban J connectivity index is 2.43. The predicted molar refractivity (Wildman–Crippen MR) is 147 cm³/mol. The summed E-state index contributed by atoms with van der Waals surface area (Å²) in [5.74, 6) is -0.160. The number of hydrogen-bond acceptors (Lipinski definition) is 11. The summed E-state index contributed by atoms with van der Waals surface area (Å²) in [4.78, 5) is 29.9. The van der Waals surface area contributed by atoms with E-state index in [1.165, 1.54) is 14.2 Å². The number of fused-ring (bicyclic) bond motifs is 1. The standard InChI is InChI=1S/C26H38N4O7S/c1-25(2,3)38-16-20(23(31)30-26(17-27,9-11-33-4)10-12-34-5)28-22-19-15-18(36-14-13-35-6)7-8-21(19)37-24(32)29-22/h7-8,15,20H,9-14,16H2,1-6H3,(H,30,31)(H,28,29,32). The minimum Gasteiger partial charge on any atom is -0.491 e. The lowest BCUT2D eigenvalue weighted by Crippen LogP contribution is -2.54. The van der Waals surface area contributed by atoms with Gasteiger partial charge in [-0.05, 0) is 18.2 Å². The topological polar surface area (TPSA) is 145 Å². The third kappa shape index (κ3) is 9.79.